The van der Waals surface area contributed by atoms with Crippen LogP contribution in [-0.2, 0) is 21.2 Å². The number of anilines is 1. The molecule has 0 unspecified atom stereocenters. The van der Waals surface area contributed by atoms with Gasteiger partial charge in [-0.05, 0) is 61.4 Å². The van der Waals surface area contributed by atoms with Crippen LogP contribution in [0.2, 0.25) is 5.02 Å². The summed E-state index contributed by atoms with van der Waals surface area (Å²) in [6.07, 6.45) is 0.353. The van der Waals surface area contributed by atoms with Gasteiger partial charge in [0, 0.05) is 43.2 Å². The second-order valence-electron chi connectivity index (χ2n) is 7.27. The number of carbonyl (C=O) groups excluding carboxylic acids is 1. The number of amides is 1. The van der Waals surface area contributed by atoms with E-state index in [0.717, 1.165) is 21.0 Å². The molecule has 0 bridgehead atoms. The smallest absolute Gasteiger partial charge is 0.242 e. The molecule has 8 nitrogen and oxygen atoms in total. The summed E-state index contributed by atoms with van der Waals surface area (Å²) >= 11 is 5.88. The third-order valence-corrected chi connectivity index (χ3v) is 6.87. The molecule has 3 rings (SSSR count). The Balaban J connectivity index is 1.69. The number of sulfonamides is 1. The molecule has 0 aliphatic carbocycles. The number of hydrogen-bond donors (Lipinski definition) is 1. The Morgan fingerprint density at radius 1 is 1.16 bits per heavy atom. The molecule has 1 amide bonds. The highest BCUT2D eigenvalue weighted by atomic mass is 35.5. The molecule has 0 saturated carbocycles. The van der Waals surface area contributed by atoms with E-state index in [1.807, 2.05) is 6.92 Å². The van der Waals surface area contributed by atoms with Crippen LogP contribution < -0.4 is 5.32 Å². The van der Waals surface area contributed by atoms with Gasteiger partial charge in [0.15, 0.2) is 0 Å². The fourth-order valence-corrected chi connectivity index (χ4v) is 3.96. The highest BCUT2D eigenvalue weighted by Crippen LogP contribution is 2.26. The zero-order chi connectivity index (χ0) is 22.8. The fraction of sp³-hybridized carbons (Fsp3) is 0.286. The fourth-order valence-electron chi connectivity index (χ4n) is 2.82. The van der Waals surface area contributed by atoms with Crippen LogP contribution >= 0.6 is 11.6 Å². The van der Waals surface area contributed by atoms with Crippen molar-refractivity contribution < 1.29 is 17.7 Å². The third kappa shape index (κ3) is 5.30. The number of nitrogens with zero attached hydrogens (tertiary/aromatic N) is 3. The van der Waals surface area contributed by atoms with E-state index in [9.17, 15) is 13.2 Å². The number of aromatic nitrogens is 2. The van der Waals surface area contributed by atoms with Gasteiger partial charge >= 0.3 is 0 Å². The Morgan fingerprint density at radius 2 is 1.84 bits per heavy atom. The van der Waals surface area contributed by atoms with Crippen LogP contribution in [0.1, 0.15) is 23.4 Å². The predicted molar refractivity (Wildman–Crippen MR) is 118 cm³/mol. The van der Waals surface area contributed by atoms with Crippen LogP contribution in [0.25, 0.3) is 11.4 Å². The first kappa shape index (κ1) is 22.9. The summed E-state index contributed by atoms with van der Waals surface area (Å²) in [5, 5.41) is 7.33. The summed E-state index contributed by atoms with van der Waals surface area (Å²) in [4.78, 5) is 16.9. The van der Waals surface area contributed by atoms with Crippen molar-refractivity contribution in [2.24, 2.45) is 0 Å². The van der Waals surface area contributed by atoms with Gasteiger partial charge in [-0.2, -0.15) is 4.98 Å². The predicted octanol–water partition coefficient (Wildman–Crippen LogP) is 3.83. The monoisotopic (exact) mass is 462 g/mol. The molecule has 0 radical (unpaired) electrons. The van der Waals surface area contributed by atoms with Crippen LogP contribution in [0.3, 0.4) is 0 Å². The Hall–Kier alpha value is -2.75. The lowest BCUT2D eigenvalue weighted by Gasteiger charge is -2.16. The van der Waals surface area contributed by atoms with Crippen molar-refractivity contribution in [2.45, 2.75) is 31.6 Å². The zero-order valence-electron chi connectivity index (χ0n) is 17.6. The Bertz CT molecular complexity index is 1200. The van der Waals surface area contributed by atoms with Gasteiger partial charge in [-0.25, -0.2) is 12.7 Å². The minimum absolute atomic E-state index is 0.103. The molecule has 1 aromatic heterocycles. The summed E-state index contributed by atoms with van der Waals surface area (Å²) in [6, 6.07) is 10.1. The molecule has 0 aliphatic heterocycles. The van der Waals surface area contributed by atoms with Crippen LogP contribution in [0, 0.1) is 13.8 Å². The first-order valence-electron chi connectivity index (χ1n) is 9.50. The molecule has 10 heteroatoms. The van der Waals surface area contributed by atoms with Crippen LogP contribution in [0.5, 0.6) is 0 Å². The van der Waals surface area contributed by atoms with E-state index < -0.39 is 10.0 Å². The van der Waals surface area contributed by atoms with Gasteiger partial charge in [-0.1, -0.05) is 16.8 Å². The van der Waals surface area contributed by atoms with E-state index in [2.05, 4.69) is 15.5 Å². The van der Waals surface area contributed by atoms with Gasteiger partial charge in [-0.3, -0.25) is 4.79 Å². The highest BCUT2D eigenvalue weighted by molar-refractivity contribution is 7.89. The van der Waals surface area contributed by atoms with Gasteiger partial charge in [0.05, 0.1) is 4.90 Å². The molecule has 3 aromatic rings. The maximum absolute atomic E-state index is 12.5. The lowest BCUT2D eigenvalue weighted by atomic mass is 10.1. The third-order valence-electron chi connectivity index (χ3n) is 4.83. The maximum Gasteiger partial charge on any atom is 0.242 e. The van der Waals surface area contributed by atoms with Crippen molar-refractivity contribution in [3.05, 3.63) is 58.4 Å². The number of carbonyl (C=O) groups is 1. The first-order chi connectivity index (χ1) is 14.6. The minimum Gasteiger partial charge on any atom is -0.339 e. The summed E-state index contributed by atoms with van der Waals surface area (Å²) < 4.78 is 31.3. The number of aryl methyl sites for hydroxylation is 2. The Kier molecular flexibility index (Phi) is 6.78. The van der Waals surface area contributed by atoms with Crippen molar-refractivity contribution in [1.29, 1.82) is 0 Å². The molecule has 0 aliphatic rings. The van der Waals surface area contributed by atoms with E-state index in [4.69, 9.17) is 16.1 Å². The topological polar surface area (TPSA) is 105 Å². The molecule has 0 saturated heterocycles. The van der Waals surface area contributed by atoms with Crippen molar-refractivity contribution >= 4 is 33.2 Å². The van der Waals surface area contributed by atoms with Crippen molar-refractivity contribution in [2.75, 3.05) is 19.4 Å². The molecule has 1 N–H and O–H groups in total. The SMILES string of the molecule is Cc1cc(S(=O)(=O)N(C)C)cc(NC(=O)CCc2nc(-c3ccc(Cl)cc3)no2)c1C. The Labute approximate surface area is 186 Å². The number of hydrogen-bond acceptors (Lipinski definition) is 6. The molecule has 31 heavy (non-hydrogen) atoms. The van der Waals surface area contributed by atoms with E-state index in [-0.39, 0.29) is 23.6 Å². The minimum atomic E-state index is -3.62. The molecule has 1 heterocycles. The second kappa shape index (κ2) is 9.17. The van der Waals surface area contributed by atoms with Gasteiger partial charge < -0.3 is 9.84 Å². The summed E-state index contributed by atoms with van der Waals surface area (Å²) in [5.41, 5.74) is 2.78. The first-order valence-corrected chi connectivity index (χ1v) is 11.3. The molecule has 164 valence electrons. The van der Waals surface area contributed by atoms with Gasteiger partial charge in [0.25, 0.3) is 0 Å². The molecule has 0 fully saturated rings. The number of rotatable bonds is 7. The number of halogens is 1. The summed E-state index contributed by atoms with van der Waals surface area (Å²) in [6.45, 7) is 3.63. The molecular formula is C21H23ClN4O4S. The molecule has 2 aromatic carbocycles. The maximum atomic E-state index is 12.5. The van der Waals surface area contributed by atoms with Gasteiger partial charge in [0.2, 0.25) is 27.6 Å². The highest BCUT2D eigenvalue weighted by Gasteiger charge is 2.20. The van der Waals surface area contributed by atoms with Crippen LogP contribution in [0.15, 0.2) is 45.8 Å². The molecule has 0 atom stereocenters. The average molecular weight is 463 g/mol. The molecular weight excluding hydrogens is 440 g/mol. The van der Waals surface area contributed by atoms with E-state index in [0.29, 0.717) is 22.4 Å². The largest absolute Gasteiger partial charge is 0.339 e. The van der Waals surface area contributed by atoms with Crippen molar-refractivity contribution in [3.63, 3.8) is 0 Å². The van der Waals surface area contributed by atoms with Gasteiger partial charge in [0.1, 0.15) is 0 Å². The van der Waals surface area contributed by atoms with Crippen molar-refractivity contribution in [3.8, 4) is 11.4 Å². The number of benzene rings is 2. The number of nitrogens with one attached hydrogen (secondary N) is 1. The van der Waals surface area contributed by atoms with Crippen LogP contribution in [-0.4, -0.2) is 42.9 Å². The Morgan fingerprint density at radius 3 is 2.48 bits per heavy atom. The summed E-state index contributed by atoms with van der Waals surface area (Å²) in [5.74, 6) is 0.463. The van der Waals surface area contributed by atoms with E-state index in [1.54, 1.807) is 37.3 Å². The van der Waals surface area contributed by atoms with Gasteiger partial charge in [-0.15, -0.1) is 0 Å². The normalized spacial score (nSPS) is 11.7. The van der Waals surface area contributed by atoms with Crippen molar-refractivity contribution in [1.82, 2.24) is 14.4 Å². The average Bonchev–Trinajstić information content (AvgIpc) is 3.19. The van der Waals surface area contributed by atoms with E-state index >= 15 is 0 Å². The van der Waals surface area contributed by atoms with E-state index in [1.165, 1.54) is 20.2 Å². The standard InChI is InChI=1S/C21H23ClN4O4S/c1-13-11-17(31(28,29)26(3)4)12-18(14(13)2)23-19(27)9-10-20-24-21(25-30-20)15-5-7-16(22)8-6-15/h5-8,11-12H,9-10H2,1-4H3,(H,23,27). The zero-order valence-corrected chi connectivity index (χ0v) is 19.2. The van der Waals surface area contributed by atoms with Crippen LogP contribution in [0.4, 0.5) is 5.69 Å². The lowest BCUT2D eigenvalue weighted by molar-refractivity contribution is -0.116. The quantitative estimate of drug-likeness (QED) is 0.572. The summed E-state index contributed by atoms with van der Waals surface area (Å²) in [7, 11) is -0.688. The lowest BCUT2D eigenvalue weighted by Crippen LogP contribution is -2.23. The molecule has 0 spiro atoms. The second-order valence-corrected chi connectivity index (χ2v) is 9.86.